The molecule has 0 fully saturated rings. The SMILES string of the molecule is COc1cc(CS(=O)(=O)Cl)cc(OC)c1F. The average Bonchev–Trinajstić information content (AvgIpc) is 2.18. The monoisotopic (exact) mass is 268 g/mol. The summed E-state index contributed by atoms with van der Waals surface area (Å²) in [5.41, 5.74) is 0.296. The Morgan fingerprint density at radius 2 is 1.69 bits per heavy atom. The first kappa shape index (κ1) is 13.1. The lowest BCUT2D eigenvalue weighted by molar-refractivity contribution is 0.350. The molecule has 0 radical (unpaired) electrons. The smallest absolute Gasteiger partial charge is 0.236 e. The Labute approximate surface area is 97.4 Å². The van der Waals surface area contributed by atoms with Gasteiger partial charge in [0.1, 0.15) is 0 Å². The Balaban J connectivity index is 3.22. The van der Waals surface area contributed by atoms with E-state index in [1.807, 2.05) is 0 Å². The number of benzene rings is 1. The molecule has 0 unspecified atom stereocenters. The van der Waals surface area contributed by atoms with Crippen LogP contribution in [0.2, 0.25) is 0 Å². The highest BCUT2D eigenvalue weighted by molar-refractivity contribution is 8.13. The van der Waals surface area contributed by atoms with Gasteiger partial charge in [0.25, 0.3) is 0 Å². The van der Waals surface area contributed by atoms with Gasteiger partial charge in [0, 0.05) is 10.7 Å². The number of ether oxygens (including phenoxy) is 2. The van der Waals surface area contributed by atoms with Crippen molar-refractivity contribution >= 4 is 19.7 Å². The third-order valence-electron chi connectivity index (χ3n) is 1.84. The summed E-state index contributed by atoms with van der Waals surface area (Å²) in [5, 5.41) is 0. The molecule has 0 aromatic heterocycles. The number of halogens is 2. The Morgan fingerprint density at radius 3 is 2.00 bits per heavy atom. The second-order valence-electron chi connectivity index (χ2n) is 3.00. The number of methoxy groups -OCH3 is 2. The highest BCUT2D eigenvalue weighted by Crippen LogP contribution is 2.29. The molecular formula is C9H10ClFO4S. The molecule has 0 aliphatic rings. The minimum absolute atomic E-state index is 0.0883. The topological polar surface area (TPSA) is 52.6 Å². The van der Waals surface area contributed by atoms with Crippen LogP contribution in [0.3, 0.4) is 0 Å². The summed E-state index contributed by atoms with van der Waals surface area (Å²) in [6, 6.07) is 2.52. The van der Waals surface area contributed by atoms with E-state index in [-0.39, 0.29) is 11.5 Å². The minimum atomic E-state index is -3.70. The molecule has 1 aromatic rings. The van der Waals surface area contributed by atoms with Gasteiger partial charge in [-0.1, -0.05) is 0 Å². The van der Waals surface area contributed by atoms with Gasteiger partial charge < -0.3 is 9.47 Å². The normalized spacial score (nSPS) is 11.2. The Morgan fingerprint density at radius 1 is 1.25 bits per heavy atom. The van der Waals surface area contributed by atoms with Crippen LogP contribution in [0.25, 0.3) is 0 Å². The second-order valence-corrected chi connectivity index (χ2v) is 5.77. The molecule has 7 heteroatoms. The molecule has 4 nitrogen and oxygen atoms in total. The van der Waals surface area contributed by atoms with Crippen molar-refractivity contribution in [3.63, 3.8) is 0 Å². The first-order valence-corrected chi connectivity index (χ1v) is 6.68. The van der Waals surface area contributed by atoms with Crippen LogP contribution in [-0.4, -0.2) is 22.6 Å². The molecule has 0 spiro atoms. The minimum Gasteiger partial charge on any atom is -0.494 e. The van der Waals surface area contributed by atoms with Crippen LogP contribution in [0.4, 0.5) is 4.39 Å². The average molecular weight is 269 g/mol. The molecule has 1 aromatic carbocycles. The van der Waals surface area contributed by atoms with Crippen LogP contribution >= 0.6 is 10.7 Å². The zero-order chi connectivity index (χ0) is 12.3. The third kappa shape index (κ3) is 3.24. The molecule has 0 aliphatic carbocycles. The fourth-order valence-electron chi connectivity index (χ4n) is 1.21. The summed E-state index contributed by atoms with van der Waals surface area (Å²) in [6.45, 7) is 0. The van der Waals surface area contributed by atoms with E-state index < -0.39 is 20.6 Å². The first-order valence-electron chi connectivity index (χ1n) is 4.20. The van der Waals surface area contributed by atoms with Crippen molar-refractivity contribution in [3.05, 3.63) is 23.5 Å². The maximum Gasteiger partial charge on any atom is 0.236 e. The Hall–Kier alpha value is -1.01. The van der Waals surface area contributed by atoms with E-state index in [0.29, 0.717) is 5.56 Å². The molecule has 0 bridgehead atoms. The van der Waals surface area contributed by atoms with Crippen molar-refractivity contribution in [1.29, 1.82) is 0 Å². The van der Waals surface area contributed by atoms with E-state index in [1.54, 1.807) is 0 Å². The largest absolute Gasteiger partial charge is 0.494 e. The first-order chi connectivity index (χ1) is 7.37. The van der Waals surface area contributed by atoms with E-state index in [0.717, 1.165) is 0 Å². The van der Waals surface area contributed by atoms with Crippen molar-refractivity contribution in [3.8, 4) is 11.5 Å². The fraction of sp³-hybridized carbons (Fsp3) is 0.333. The summed E-state index contributed by atoms with van der Waals surface area (Å²) in [7, 11) is 3.94. The van der Waals surface area contributed by atoms with Crippen molar-refractivity contribution in [2.75, 3.05) is 14.2 Å². The molecule has 0 aliphatic heterocycles. The maximum absolute atomic E-state index is 13.5. The summed E-state index contributed by atoms with van der Waals surface area (Å²) in [4.78, 5) is 0. The van der Waals surface area contributed by atoms with Gasteiger partial charge in [0.05, 0.1) is 20.0 Å². The van der Waals surface area contributed by atoms with Crippen molar-refractivity contribution < 1.29 is 22.3 Å². The summed E-state index contributed by atoms with van der Waals surface area (Å²) < 4.78 is 44.7. The van der Waals surface area contributed by atoms with Gasteiger partial charge in [-0.25, -0.2) is 8.42 Å². The summed E-state index contributed by atoms with van der Waals surface area (Å²) in [5.74, 6) is -1.27. The van der Waals surface area contributed by atoms with E-state index in [2.05, 4.69) is 0 Å². The molecule has 0 amide bonds. The molecule has 0 saturated carbocycles. The van der Waals surface area contributed by atoms with Crippen LogP contribution in [0.15, 0.2) is 12.1 Å². The molecular weight excluding hydrogens is 259 g/mol. The van der Waals surface area contributed by atoms with Crippen molar-refractivity contribution in [2.45, 2.75) is 5.75 Å². The fourth-order valence-corrected chi connectivity index (χ4v) is 2.15. The highest BCUT2D eigenvalue weighted by atomic mass is 35.7. The molecule has 1 rings (SSSR count). The lowest BCUT2D eigenvalue weighted by atomic mass is 10.2. The highest BCUT2D eigenvalue weighted by Gasteiger charge is 2.15. The third-order valence-corrected chi connectivity index (χ3v) is 2.85. The van der Waals surface area contributed by atoms with Crippen LogP contribution in [0.1, 0.15) is 5.56 Å². The van der Waals surface area contributed by atoms with Gasteiger partial charge in [-0.05, 0) is 17.7 Å². The molecule has 16 heavy (non-hydrogen) atoms. The second kappa shape index (κ2) is 4.88. The van der Waals surface area contributed by atoms with E-state index in [9.17, 15) is 12.8 Å². The quantitative estimate of drug-likeness (QED) is 0.783. The molecule has 0 atom stereocenters. The van der Waals surface area contributed by atoms with Crippen LogP contribution in [-0.2, 0) is 14.8 Å². The van der Waals surface area contributed by atoms with E-state index in [1.165, 1.54) is 26.4 Å². The van der Waals surface area contributed by atoms with Gasteiger partial charge in [0.2, 0.25) is 14.9 Å². The van der Waals surface area contributed by atoms with Crippen LogP contribution in [0, 0.1) is 5.82 Å². The predicted molar refractivity (Wildman–Crippen MR) is 58.0 cm³/mol. The number of rotatable bonds is 4. The van der Waals surface area contributed by atoms with Crippen molar-refractivity contribution in [2.24, 2.45) is 0 Å². The molecule has 90 valence electrons. The predicted octanol–water partition coefficient (Wildman–Crippen LogP) is 1.91. The van der Waals surface area contributed by atoms with Gasteiger partial charge in [-0.15, -0.1) is 0 Å². The van der Waals surface area contributed by atoms with Crippen molar-refractivity contribution in [1.82, 2.24) is 0 Å². The zero-order valence-corrected chi connectivity index (χ0v) is 10.2. The van der Waals surface area contributed by atoms with E-state index >= 15 is 0 Å². The number of hydrogen-bond acceptors (Lipinski definition) is 4. The van der Waals surface area contributed by atoms with Gasteiger partial charge in [-0.3, -0.25) is 0 Å². The van der Waals surface area contributed by atoms with Gasteiger partial charge in [0.15, 0.2) is 11.5 Å². The van der Waals surface area contributed by atoms with Gasteiger partial charge >= 0.3 is 0 Å². The molecule has 0 N–H and O–H groups in total. The zero-order valence-electron chi connectivity index (χ0n) is 8.66. The van der Waals surface area contributed by atoms with Crippen LogP contribution < -0.4 is 9.47 Å². The summed E-state index contributed by atoms with van der Waals surface area (Å²) >= 11 is 0. The molecule has 0 heterocycles. The molecule has 0 saturated heterocycles. The lowest BCUT2D eigenvalue weighted by Crippen LogP contribution is -1.99. The number of hydrogen-bond donors (Lipinski definition) is 0. The summed E-state index contributed by atoms with van der Waals surface area (Å²) in [6.07, 6.45) is 0. The van der Waals surface area contributed by atoms with Gasteiger partial charge in [-0.2, -0.15) is 4.39 Å². The van der Waals surface area contributed by atoms with Crippen LogP contribution in [0.5, 0.6) is 11.5 Å². The maximum atomic E-state index is 13.5. The Kier molecular flexibility index (Phi) is 3.98. The Bertz CT molecular complexity index is 461. The standard InChI is InChI=1S/C9H10ClFO4S/c1-14-7-3-6(5-16(10,12)13)4-8(15-2)9(7)11/h3-4H,5H2,1-2H3. The lowest BCUT2D eigenvalue weighted by Gasteiger charge is -2.09. The van der Waals surface area contributed by atoms with E-state index in [4.69, 9.17) is 20.2 Å².